The van der Waals surface area contributed by atoms with Gasteiger partial charge in [0.2, 0.25) is 5.88 Å². The lowest BCUT2D eigenvalue weighted by molar-refractivity contribution is 0.0696. The first-order valence-electron chi connectivity index (χ1n) is 6.06. The number of pyridine rings is 1. The molecule has 0 radical (unpaired) electrons. The van der Waals surface area contributed by atoms with Gasteiger partial charge in [0, 0.05) is 6.07 Å². The van der Waals surface area contributed by atoms with Crippen LogP contribution in [0.3, 0.4) is 0 Å². The quantitative estimate of drug-likeness (QED) is 0.907. The fourth-order valence-electron chi connectivity index (χ4n) is 1.74. The third kappa shape index (κ3) is 3.26. The normalized spacial score (nSPS) is 10.1. The van der Waals surface area contributed by atoms with Gasteiger partial charge in [0.15, 0.2) is 0 Å². The van der Waals surface area contributed by atoms with E-state index in [1.165, 1.54) is 0 Å². The Balaban J connectivity index is 2.09. The van der Waals surface area contributed by atoms with Gasteiger partial charge in [-0.3, -0.25) is 0 Å². The highest BCUT2D eigenvalue weighted by atomic mass is 16.5. The molecular weight excluding hydrogens is 258 g/mol. The predicted octanol–water partition coefficient (Wildman–Crippen LogP) is 2.68. The number of nitrogens with zero attached hydrogens (tertiary/aromatic N) is 1. The van der Waals surface area contributed by atoms with Crippen LogP contribution in [0.25, 0.3) is 0 Å². The van der Waals surface area contributed by atoms with Gasteiger partial charge in [-0.05, 0) is 30.2 Å². The Morgan fingerprint density at radius 2 is 2.15 bits per heavy atom. The maximum absolute atomic E-state index is 10.9. The maximum Gasteiger partial charge on any atom is 0.335 e. The molecule has 0 atom stereocenters. The maximum atomic E-state index is 10.9. The van der Waals surface area contributed by atoms with Crippen LogP contribution in [0.15, 0.2) is 36.5 Å². The monoisotopic (exact) mass is 273 g/mol. The van der Waals surface area contributed by atoms with E-state index < -0.39 is 5.97 Å². The van der Waals surface area contributed by atoms with Crippen LogP contribution < -0.4 is 9.47 Å². The Labute approximate surface area is 116 Å². The van der Waals surface area contributed by atoms with Crippen molar-refractivity contribution in [2.75, 3.05) is 7.11 Å². The summed E-state index contributed by atoms with van der Waals surface area (Å²) in [6.07, 6.45) is 1.59. The number of hydrogen-bond acceptors (Lipinski definition) is 4. The first kappa shape index (κ1) is 13.9. The number of carboxylic acid groups (broad SMARTS) is 1. The molecule has 0 saturated carbocycles. The first-order chi connectivity index (χ1) is 9.60. The van der Waals surface area contributed by atoms with E-state index in [9.17, 15) is 4.79 Å². The molecule has 1 aromatic heterocycles. The van der Waals surface area contributed by atoms with Crippen molar-refractivity contribution in [3.05, 3.63) is 53.2 Å². The van der Waals surface area contributed by atoms with Gasteiger partial charge in [-0.1, -0.05) is 12.1 Å². The van der Waals surface area contributed by atoms with Gasteiger partial charge >= 0.3 is 5.97 Å². The SMILES string of the molecule is COc1cc(C)c(OCc2cccc(C(=O)O)c2)cn1. The van der Waals surface area contributed by atoms with Crippen LogP contribution >= 0.6 is 0 Å². The van der Waals surface area contributed by atoms with Crippen molar-refractivity contribution in [1.29, 1.82) is 0 Å². The summed E-state index contributed by atoms with van der Waals surface area (Å²) in [4.78, 5) is 15.0. The Morgan fingerprint density at radius 1 is 1.35 bits per heavy atom. The second-order valence-corrected chi connectivity index (χ2v) is 4.29. The summed E-state index contributed by atoms with van der Waals surface area (Å²) in [5, 5.41) is 8.93. The van der Waals surface area contributed by atoms with Crippen molar-refractivity contribution in [2.45, 2.75) is 13.5 Å². The van der Waals surface area contributed by atoms with Gasteiger partial charge in [0.1, 0.15) is 12.4 Å². The van der Waals surface area contributed by atoms with Gasteiger partial charge < -0.3 is 14.6 Å². The van der Waals surface area contributed by atoms with Crippen LogP contribution in [0, 0.1) is 6.92 Å². The summed E-state index contributed by atoms with van der Waals surface area (Å²) < 4.78 is 10.7. The standard InChI is InChI=1S/C15H15NO4/c1-10-6-14(19-2)16-8-13(10)20-9-11-4-3-5-12(7-11)15(17)18/h3-8H,9H2,1-2H3,(H,17,18). The summed E-state index contributed by atoms with van der Waals surface area (Å²) >= 11 is 0. The second-order valence-electron chi connectivity index (χ2n) is 4.29. The number of aromatic nitrogens is 1. The molecule has 0 unspecified atom stereocenters. The van der Waals surface area contributed by atoms with Crippen LogP contribution in [0.4, 0.5) is 0 Å². The highest BCUT2D eigenvalue weighted by molar-refractivity contribution is 5.87. The van der Waals surface area contributed by atoms with Crippen molar-refractivity contribution in [2.24, 2.45) is 0 Å². The van der Waals surface area contributed by atoms with Crippen molar-refractivity contribution < 1.29 is 19.4 Å². The molecule has 0 spiro atoms. The number of rotatable bonds is 5. The number of aromatic carboxylic acids is 1. The minimum atomic E-state index is -0.950. The Kier molecular flexibility index (Phi) is 4.20. The largest absolute Gasteiger partial charge is 0.487 e. The van der Waals surface area contributed by atoms with Crippen LogP contribution in [0.2, 0.25) is 0 Å². The van der Waals surface area contributed by atoms with Crippen molar-refractivity contribution in [3.8, 4) is 11.6 Å². The van der Waals surface area contributed by atoms with Crippen molar-refractivity contribution in [3.63, 3.8) is 0 Å². The van der Waals surface area contributed by atoms with Crippen molar-refractivity contribution >= 4 is 5.97 Å². The lowest BCUT2D eigenvalue weighted by Crippen LogP contribution is -2.01. The number of benzene rings is 1. The van der Waals surface area contributed by atoms with Crippen LogP contribution in [0.5, 0.6) is 11.6 Å². The highest BCUT2D eigenvalue weighted by Gasteiger charge is 2.06. The van der Waals surface area contributed by atoms with E-state index in [2.05, 4.69) is 4.98 Å². The van der Waals surface area contributed by atoms with Crippen LogP contribution in [-0.2, 0) is 6.61 Å². The average molecular weight is 273 g/mol. The van der Waals surface area contributed by atoms with E-state index in [4.69, 9.17) is 14.6 Å². The topological polar surface area (TPSA) is 68.7 Å². The number of carboxylic acids is 1. The van der Waals surface area contributed by atoms with Crippen molar-refractivity contribution in [1.82, 2.24) is 4.98 Å². The molecule has 0 aliphatic rings. The van der Waals surface area contributed by atoms with E-state index in [0.29, 0.717) is 11.6 Å². The highest BCUT2D eigenvalue weighted by Crippen LogP contribution is 2.21. The molecule has 5 heteroatoms. The second kappa shape index (κ2) is 6.06. The zero-order valence-electron chi connectivity index (χ0n) is 11.3. The molecule has 0 aliphatic carbocycles. The summed E-state index contributed by atoms with van der Waals surface area (Å²) in [6, 6.07) is 8.43. The minimum Gasteiger partial charge on any atom is -0.487 e. The Hall–Kier alpha value is -2.56. The number of carbonyl (C=O) groups is 1. The molecule has 0 amide bonds. The molecule has 0 fully saturated rings. The zero-order valence-corrected chi connectivity index (χ0v) is 11.3. The lowest BCUT2D eigenvalue weighted by atomic mass is 10.1. The first-order valence-corrected chi connectivity index (χ1v) is 6.06. The molecule has 0 bridgehead atoms. The molecular formula is C15H15NO4. The van der Waals surface area contributed by atoms with E-state index in [0.717, 1.165) is 11.1 Å². The molecule has 0 aliphatic heterocycles. The summed E-state index contributed by atoms with van der Waals surface area (Å²) in [6.45, 7) is 2.18. The van der Waals surface area contributed by atoms with Gasteiger partial charge in [-0.15, -0.1) is 0 Å². The van der Waals surface area contributed by atoms with Gasteiger partial charge in [-0.2, -0.15) is 0 Å². The number of methoxy groups -OCH3 is 1. The number of hydrogen-bond donors (Lipinski definition) is 1. The van der Waals surface area contributed by atoms with E-state index >= 15 is 0 Å². The molecule has 1 aromatic carbocycles. The van der Waals surface area contributed by atoms with Gasteiger partial charge in [0.05, 0.1) is 18.9 Å². The third-order valence-corrected chi connectivity index (χ3v) is 2.82. The smallest absolute Gasteiger partial charge is 0.335 e. The molecule has 104 valence electrons. The van der Waals surface area contributed by atoms with Crippen LogP contribution in [0.1, 0.15) is 21.5 Å². The summed E-state index contributed by atoms with van der Waals surface area (Å²) in [5.74, 6) is 0.225. The average Bonchev–Trinajstić information content (AvgIpc) is 2.46. The Bertz CT molecular complexity index is 625. The molecule has 2 rings (SSSR count). The van der Waals surface area contributed by atoms with Gasteiger partial charge in [0.25, 0.3) is 0 Å². The summed E-state index contributed by atoms with van der Waals surface area (Å²) in [7, 11) is 1.56. The van der Waals surface area contributed by atoms with E-state index in [1.807, 2.05) is 13.0 Å². The van der Waals surface area contributed by atoms with E-state index in [1.54, 1.807) is 37.6 Å². The van der Waals surface area contributed by atoms with Crippen LogP contribution in [-0.4, -0.2) is 23.2 Å². The summed E-state index contributed by atoms with van der Waals surface area (Å²) in [5.41, 5.74) is 1.95. The van der Waals surface area contributed by atoms with Gasteiger partial charge in [-0.25, -0.2) is 9.78 Å². The zero-order chi connectivity index (χ0) is 14.5. The molecule has 1 heterocycles. The number of aryl methyl sites for hydroxylation is 1. The molecule has 5 nitrogen and oxygen atoms in total. The Morgan fingerprint density at radius 3 is 2.80 bits per heavy atom. The minimum absolute atomic E-state index is 0.246. The fraction of sp³-hybridized carbons (Fsp3) is 0.200. The van der Waals surface area contributed by atoms with E-state index in [-0.39, 0.29) is 12.2 Å². The molecule has 0 saturated heterocycles. The molecule has 20 heavy (non-hydrogen) atoms. The third-order valence-electron chi connectivity index (χ3n) is 2.82. The fourth-order valence-corrected chi connectivity index (χ4v) is 1.74. The number of ether oxygens (including phenoxy) is 2. The molecule has 1 N–H and O–H groups in total. The predicted molar refractivity (Wildman–Crippen MR) is 73.3 cm³/mol. The lowest BCUT2D eigenvalue weighted by Gasteiger charge is -2.10. The molecule has 2 aromatic rings.